The fraction of sp³-hybridized carbons (Fsp3) is 0.192. The lowest BCUT2D eigenvalue weighted by molar-refractivity contribution is -0.116. The number of aromatic nitrogens is 4. The number of halogens is 1. The second-order valence-electron chi connectivity index (χ2n) is 7.86. The molecular formula is C26H26ClN5O. The zero-order valence-electron chi connectivity index (χ0n) is 18.7. The third-order valence-corrected chi connectivity index (χ3v) is 5.95. The molecule has 33 heavy (non-hydrogen) atoms. The van der Waals surface area contributed by atoms with Crippen LogP contribution in [0.2, 0.25) is 5.02 Å². The summed E-state index contributed by atoms with van der Waals surface area (Å²) in [6.07, 6.45) is 7.07. The summed E-state index contributed by atoms with van der Waals surface area (Å²) in [6, 6.07) is 17.7. The van der Waals surface area contributed by atoms with E-state index in [4.69, 9.17) is 11.6 Å². The molecular weight excluding hydrogens is 434 g/mol. The Morgan fingerprint density at radius 1 is 1.00 bits per heavy atom. The zero-order valence-corrected chi connectivity index (χ0v) is 19.5. The maximum Gasteiger partial charge on any atom is 0.244 e. The average molecular weight is 460 g/mol. The zero-order chi connectivity index (χ0) is 23.2. The molecule has 7 heteroatoms. The quantitative estimate of drug-likeness (QED) is 0.386. The van der Waals surface area contributed by atoms with Gasteiger partial charge in [-0.2, -0.15) is 10.2 Å². The fourth-order valence-electron chi connectivity index (χ4n) is 3.75. The molecule has 2 aromatic heterocycles. The lowest BCUT2D eigenvalue weighted by Gasteiger charge is -2.10. The number of amides is 1. The molecule has 4 rings (SSSR count). The summed E-state index contributed by atoms with van der Waals surface area (Å²) in [5, 5.41) is 12.6. The molecule has 0 saturated carbocycles. The van der Waals surface area contributed by atoms with E-state index in [0.717, 1.165) is 38.7 Å². The van der Waals surface area contributed by atoms with Gasteiger partial charge in [-0.05, 0) is 48.7 Å². The molecule has 0 fully saturated rings. The van der Waals surface area contributed by atoms with E-state index < -0.39 is 0 Å². The minimum Gasteiger partial charge on any atom is -0.348 e. The highest BCUT2D eigenvalue weighted by molar-refractivity contribution is 6.31. The summed E-state index contributed by atoms with van der Waals surface area (Å²) in [6.45, 7) is 5.64. The van der Waals surface area contributed by atoms with Gasteiger partial charge in [0.2, 0.25) is 5.91 Å². The highest BCUT2D eigenvalue weighted by Gasteiger charge is 2.11. The summed E-state index contributed by atoms with van der Waals surface area (Å²) >= 11 is 6.30. The second kappa shape index (κ2) is 10.3. The van der Waals surface area contributed by atoms with Crippen molar-refractivity contribution in [1.29, 1.82) is 0 Å². The van der Waals surface area contributed by atoms with E-state index in [9.17, 15) is 4.79 Å². The molecule has 1 N–H and O–H groups in total. The van der Waals surface area contributed by atoms with Gasteiger partial charge in [0, 0.05) is 41.3 Å². The number of hydrogen-bond acceptors (Lipinski definition) is 3. The van der Waals surface area contributed by atoms with Crippen LogP contribution in [0.25, 0.3) is 6.08 Å². The Bertz CT molecular complexity index is 1270. The Hall–Kier alpha value is -3.64. The van der Waals surface area contributed by atoms with Gasteiger partial charge in [0.1, 0.15) is 0 Å². The van der Waals surface area contributed by atoms with Gasteiger partial charge in [-0.25, -0.2) is 0 Å². The van der Waals surface area contributed by atoms with Gasteiger partial charge >= 0.3 is 0 Å². The Morgan fingerprint density at radius 3 is 2.45 bits per heavy atom. The van der Waals surface area contributed by atoms with E-state index >= 15 is 0 Å². The first-order chi connectivity index (χ1) is 16.0. The van der Waals surface area contributed by atoms with Crippen LogP contribution in [0.15, 0.2) is 73.1 Å². The summed E-state index contributed by atoms with van der Waals surface area (Å²) in [5.74, 6) is -0.151. The molecule has 0 bridgehead atoms. The number of nitrogens with one attached hydrogen (secondary N) is 1. The van der Waals surface area contributed by atoms with Gasteiger partial charge in [-0.3, -0.25) is 14.2 Å². The second-order valence-corrected chi connectivity index (χ2v) is 8.26. The van der Waals surface area contributed by atoms with E-state index in [0.29, 0.717) is 19.6 Å². The Balaban J connectivity index is 1.41. The molecule has 1 amide bonds. The standard InChI is InChI=1S/C26H26ClN5O/c1-19-24(20(2)32(30-19)18-23-10-5-6-11-25(23)27)12-13-26(33)28-16-21-8-3-4-9-22(21)17-31-15-7-14-29-31/h3-15H,16-18H2,1-2H3,(H,28,33)/b13-12+. The van der Waals surface area contributed by atoms with Crippen molar-refractivity contribution in [1.82, 2.24) is 24.9 Å². The van der Waals surface area contributed by atoms with Crippen molar-refractivity contribution in [3.63, 3.8) is 0 Å². The summed E-state index contributed by atoms with van der Waals surface area (Å²) in [5.41, 5.74) is 5.99. The van der Waals surface area contributed by atoms with Crippen LogP contribution in [-0.2, 0) is 24.4 Å². The van der Waals surface area contributed by atoms with Gasteiger partial charge in [-0.15, -0.1) is 0 Å². The number of hydrogen-bond donors (Lipinski definition) is 1. The van der Waals surface area contributed by atoms with E-state index in [1.165, 1.54) is 0 Å². The minimum absolute atomic E-state index is 0.151. The highest BCUT2D eigenvalue weighted by atomic mass is 35.5. The van der Waals surface area contributed by atoms with Crippen molar-refractivity contribution in [2.24, 2.45) is 0 Å². The van der Waals surface area contributed by atoms with Crippen molar-refractivity contribution in [3.05, 3.63) is 112 Å². The van der Waals surface area contributed by atoms with Gasteiger partial charge in [0.25, 0.3) is 0 Å². The van der Waals surface area contributed by atoms with Crippen LogP contribution in [0.4, 0.5) is 0 Å². The van der Waals surface area contributed by atoms with Gasteiger partial charge < -0.3 is 5.32 Å². The first kappa shape index (κ1) is 22.6. The van der Waals surface area contributed by atoms with Crippen LogP contribution < -0.4 is 5.32 Å². The Morgan fingerprint density at radius 2 is 1.73 bits per heavy atom. The van der Waals surface area contributed by atoms with Crippen LogP contribution in [0.3, 0.4) is 0 Å². The molecule has 6 nitrogen and oxygen atoms in total. The van der Waals surface area contributed by atoms with E-state index in [1.54, 1.807) is 12.3 Å². The number of carbonyl (C=O) groups excluding carboxylic acids is 1. The van der Waals surface area contributed by atoms with Crippen LogP contribution >= 0.6 is 11.6 Å². The topological polar surface area (TPSA) is 64.7 Å². The largest absolute Gasteiger partial charge is 0.348 e. The van der Waals surface area contributed by atoms with Crippen molar-refractivity contribution >= 4 is 23.6 Å². The monoisotopic (exact) mass is 459 g/mol. The smallest absolute Gasteiger partial charge is 0.244 e. The summed E-state index contributed by atoms with van der Waals surface area (Å²) in [4.78, 5) is 12.5. The molecule has 0 spiro atoms. The number of benzene rings is 2. The van der Waals surface area contributed by atoms with E-state index in [2.05, 4.69) is 21.6 Å². The van der Waals surface area contributed by atoms with Gasteiger partial charge in [0.15, 0.2) is 0 Å². The molecule has 0 aliphatic carbocycles. The average Bonchev–Trinajstić information content (AvgIpc) is 3.41. The number of rotatable bonds is 8. The lowest BCUT2D eigenvalue weighted by atomic mass is 10.1. The third kappa shape index (κ3) is 5.59. The van der Waals surface area contributed by atoms with Crippen LogP contribution in [0.1, 0.15) is 33.6 Å². The summed E-state index contributed by atoms with van der Waals surface area (Å²) < 4.78 is 3.78. The molecule has 2 heterocycles. The van der Waals surface area contributed by atoms with E-state index in [1.807, 2.05) is 84.0 Å². The lowest BCUT2D eigenvalue weighted by Crippen LogP contribution is -2.21. The maximum absolute atomic E-state index is 12.5. The predicted molar refractivity (Wildman–Crippen MR) is 131 cm³/mol. The van der Waals surface area contributed by atoms with Gasteiger partial charge in [-0.1, -0.05) is 54.1 Å². The van der Waals surface area contributed by atoms with Crippen LogP contribution in [-0.4, -0.2) is 25.5 Å². The van der Waals surface area contributed by atoms with Crippen molar-refractivity contribution in [3.8, 4) is 0 Å². The minimum atomic E-state index is -0.151. The van der Waals surface area contributed by atoms with Crippen molar-refractivity contribution < 1.29 is 4.79 Å². The predicted octanol–water partition coefficient (Wildman–Crippen LogP) is 4.78. The molecule has 4 aromatic rings. The molecule has 0 unspecified atom stereocenters. The van der Waals surface area contributed by atoms with Gasteiger partial charge in [0.05, 0.1) is 18.8 Å². The third-order valence-electron chi connectivity index (χ3n) is 5.58. The van der Waals surface area contributed by atoms with Crippen LogP contribution in [0, 0.1) is 13.8 Å². The number of carbonyl (C=O) groups is 1. The normalized spacial score (nSPS) is 11.2. The molecule has 0 saturated heterocycles. The molecule has 0 radical (unpaired) electrons. The molecule has 0 aliphatic rings. The summed E-state index contributed by atoms with van der Waals surface area (Å²) in [7, 11) is 0. The Labute approximate surface area is 198 Å². The molecule has 0 atom stereocenters. The Kier molecular flexibility index (Phi) is 7.05. The SMILES string of the molecule is Cc1nn(Cc2ccccc2Cl)c(C)c1/C=C/C(=O)NCc1ccccc1Cn1cccn1. The van der Waals surface area contributed by atoms with Crippen molar-refractivity contribution in [2.75, 3.05) is 0 Å². The molecule has 0 aliphatic heterocycles. The van der Waals surface area contributed by atoms with Crippen LogP contribution in [0.5, 0.6) is 0 Å². The number of nitrogens with zero attached hydrogens (tertiary/aromatic N) is 4. The highest BCUT2D eigenvalue weighted by Crippen LogP contribution is 2.20. The number of aryl methyl sites for hydroxylation is 1. The molecule has 2 aromatic carbocycles. The van der Waals surface area contributed by atoms with E-state index in [-0.39, 0.29) is 5.91 Å². The molecule has 168 valence electrons. The first-order valence-corrected chi connectivity index (χ1v) is 11.2. The fourth-order valence-corrected chi connectivity index (χ4v) is 3.94. The maximum atomic E-state index is 12.5. The van der Waals surface area contributed by atoms with Crippen molar-refractivity contribution in [2.45, 2.75) is 33.5 Å². The first-order valence-electron chi connectivity index (χ1n) is 10.8.